The van der Waals surface area contributed by atoms with E-state index in [0.29, 0.717) is 17.3 Å². The largest absolute Gasteiger partial charge is 0.351 e. The van der Waals surface area contributed by atoms with Crippen molar-refractivity contribution >= 4 is 28.4 Å². The highest BCUT2D eigenvalue weighted by Crippen LogP contribution is 2.20. The van der Waals surface area contributed by atoms with Gasteiger partial charge in [0.05, 0.1) is 0 Å². The highest BCUT2D eigenvalue weighted by molar-refractivity contribution is 6.31. The van der Waals surface area contributed by atoms with Gasteiger partial charge < -0.3 is 15.2 Å². The molecule has 1 aromatic heterocycles. The second-order valence-corrected chi connectivity index (χ2v) is 5.66. The maximum atomic E-state index is 12.1. The molecule has 106 valence electrons. The molecule has 4 nitrogen and oxygen atoms in total. The number of hydrogen-bond donors (Lipinski definition) is 2. The molecular formula is C15H18ClN3O. The van der Waals surface area contributed by atoms with Gasteiger partial charge in [-0.3, -0.25) is 4.79 Å². The zero-order chi connectivity index (χ0) is 13.9. The first-order valence-electron chi connectivity index (χ1n) is 7.01. The van der Waals surface area contributed by atoms with E-state index in [1.54, 1.807) is 0 Å². The van der Waals surface area contributed by atoms with Crippen LogP contribution < -0.4 is 5.32 Å². The van der Waals surface area contributed by atoms with Crippen molar-refractivity contribution in [2.45, 2.75) is 12.8 Å². The summed E-state index contributed by atoms with van der Waals surface area (Å²) in [6, 6.07) is 7.40. The molecule has 1 aliphatic rings. The molecule has 1 saturated heterocycles. The van der Waals surface area contributed by atoms with Crippen molar-refractivity contribution < 1.29 is 4.79 Å². The molecule has 0 aliphatic carbocycles. The highest BCUT2D eigenvalue weighted by Gasteiger charge is 2.12. The summed E-state index contributed by atoms with van der Waals surface area (Å²) in [5, 5.41) is 4.60. The average molecular weight is 292 g/mol. The molecule has 0 radical (unpaired) electrons. The molecule has 2 heterocycles. The van der Waals surface area contributed by atoms with E-state index in [2.05, 4.69) is 15.2 Å². The van der Waals surface area contributed by atoms with Crippen molar-refractivity contribution in [2.24, 2.45) is 0 Å². The van der Waals surface area contributed by atoms with Crippen LogP contribution in [-0.2, 0) is 0 Å². The molecule has 0 atom stereocenters. The number of likely N-dealkylation sites (tertiary alicyclic amines) is 1. The fourth-order valence-electron chi connectivity index (χ4n) is 2.65. The molecular weight excluding hydrogens is 274 g/mol. The monoisotopic (exact) mass is 291 g/mol. The van der Waals surface area contributed by atoms with Crippen LogP contribution in [0.25, 0.3) is 10.9 Å². The Labute approximate surface area is 123 Å². The summed E-state index contributed by atoms with van der Waals surface area (Å²) < 4.78 is 0. The van der Waals surface area contributed by atoms with E-state index >= 15 is 0 Å². The Kier molecular flexibility index (Phi) is 3.94. The number of carbonyl (C=O) groups is 1. The SMILES string of the molecule is O=C(NCCN1CCCC1)c1cc2cc(Cl)ccc2[nH]1. The lowest BCUT2D eigenvalue weighted by Gasteiger charge is -2.14. The highest BCUT2D eigenvalue weighted by atomic mass is 35.5. The number of benzene rings is 1. The molecule has 0 bridgehead atoms. The van der Waals surface area contributed by atoms with Crippen molar-refractivity contribution in [3.8, 4) is 0 Å². The van der Waals surface area contributed by atoms with Crippen LogP contribution in [0.4, 0.5) is 0 Å². The number of nitrogens with one attached hydrogen (secondary N) is 2. The van der Waals surface area contributed by atoms with Gasteiger partial charge in [-0.1, -0.05) is 11.6 Å². The Morgan fingerprint density at radius 3 is 2.90 bits per heavy atom. The number of rotatable bonds is 4. The fraction of sp³-hybridized carbons (Fsp3) is 0.400. The maximum absolute atomic E-state index is 12.1. The van der Waals surface area contributed by atoms with E-state index in [1.807, 2.05) is 24.3 Å². The number of H-pyrrole nitrogens is 1. The van der Waals surface area contributed by atoms with Gasteiger partial charge in [-0.15, -0.1) is 0 Å². The van der Waals surface area contributed by atoms with Crippen LogP contribution in [-0.4, -0.2) is 42.0 Å². The van der Waals surface area contributed by atoms with Crippen molar-refractivity contribution in [2.75, 3.05) is 26.2 Å². The Morgan fingerprint density at radius 1 is 1.30 bits per heavy atom. The van der Waals surface area contributed by atoms with Gasteiger partial charge in [-0.25, -0.2) is 0 Å². The molecule has 0 saturated carbocycles. The van der Waals surface area contributed by atoms with Gasteiger partial charge in [-0.2, -0.15) is 0 Å². The van der Waals surface area contributed by atoms with E-state index in [-0.39, 0.29) is 5.91 Å². The average Bonchev–Trinajstić information content (AvgIpc) is 3.06. The quantitative estimate of drug-likeness (QED) is 0.910. The zero-order valence-electron chi connectivity index (χ0n) is 11.3. The number of aromatic nitrogens is 1. The lowest BCUT2D eigenvalue weighted by Crippen LogP contribution is -2.33. The van der Waals surface area contributed by atoms with E-state index in [0.717, 1.165) is 30.5 Å². The molecule has 1 amide bonds. The van der Waals surface area contributed by atoms with Crippen LogP contribution in [0, 0.1) is 0 Å². The Morgan fingerprint density at radius 2 is 2.10 bits per heavy atom. The number of fused-ring (bicyclic) bond motifs is 1. The molecule has 5 heteroatoms. The summed E-state index contributed by atoms with van der Waals surface area (Å²) >= 11 is 5.94. The van der Waals surface area contributed by atoms with Crippen molar-refractivity contribution in [1.29, 1.82) is 0 Å². The molecule has 1 fully saturated rings. The van der Waals surface area contributed by atoms with E-state index in [9.17, 15) is 4.79 Å². The fourth-order valence-corrected chi connectivity index (χ4v) is 2.84. The molecule has 20 heavy (non-hydrogen) atoms. The first kappa shape index (κ1) is 13.5. The van der Waals surface area contributed by atoms with Crippen LogP contribution in [0.3, 0.4) is 0 Å². The van der Waals surface area contributed by atoms with E-state index < -0.39 is 0 Å². The van der Waals surface area contributed by atoms with Crippen LogP contribution >= 0.6 is 11.6 Å². The summed E-state index contributed by atoms with van der Waals surface area (Å²) in [5.74, 6) is -0.0588. The minimum absolute atomic E-state index is 0.0588. The topological polar surface area (TPSA) is 48.1 Å². The second kappa shape index (κ2) is 5.85. The van der Waals surface area contributed by atoms with E-state index in [1.165, 1.54) is 12.8 Å². The predicted octanol–water partition coefficient (Wildman–Crippen LogP) is 2.65. The minimum atomic E-state index is -0.0588. The Bertz CT molecular complexity index is 617. The van der Waals surface area contributed by atoms with Gasteiger partial charge >= 0.3 is 0 Å². The number of aromatic amines is 1. The standard InChI is InChI=1S/C15H18ClN3O/c16-12-3-4-13-11(9-12)10-14(18-13)15(20)17-5-8-19-6-1-2-7-19/h3-4,9-10,18H,1-2,5-8H2,(H,17,20). The van der Waals surface area contributed by atoms with Gasteiger partial charge in [0.25, 0.3) is 5.91 Å². The van der Waals surface area contributed by atoms with E-state index in [4.69, 9.17) is 11.6 Å². The Balaban J connectivity index is 1.60. The van der Waals surface area contributed by atoms with Crippen LogP contribution in [0.1, 0.15) is 23.3 Å². The van der Waals surface area contributed by atoms with Gasteiger partial charge in [0.1, 0.15) is 5.69 Å². The number of halogens is 1. The molecule has 1 aromatic carbocycles. The smallest absolute Gasteiger partial charge is 0.267 e. The predicted molar refractivity (Wildman–Crippen MR) is 81.3 cm³/mol. The summed E-state index contributed by atoms with van der Waals surface area (Å²) in [7, 11) is 0. The first-order valence-corrected chi connectivity index (χ1v) is 7.39. The third-order valence-electron chi connectivity index (χ3n) is 3.74. The third kappa shape index (κ3) is 2.97. The van der Waals surface area contributed by atoms with Crippen LogP contribution in [0.5, 0.6) is 0 Å². The molecule has 0 unspecified atom stereocenters. The van der Waals surface area contributed by atoms with Crippen molar-refractivity contribution in [1.82, 2.24) is 15.2 Å². The summed E-state index contributed by atoms with van der Waals surface area (Å²) in [6.07, 6.45) is 2.55. The summed E-state index contributed by atoms with van der Waals surface area (Å²) in [6.45, 7) is 3.92. The van der Waals surface area contributed by atoms with Gasteiger partial charge in [0, 0.05) is 29.0 Å². The van der Waals surface area contributed by atoms with Gasteiger partial charge in [0.15, 0.2) is 0 Å². The maximum Gasteiger partial charge on any atom is 0.267 e. The lowest BCUT2D eigenvalue weighted by atomic mass is 10.2. The molecule has 3 rings (SSSR count). The lowest BCUT2D eigenvalue weighted by molar-refractivity contribution is 0.0945. The molecule has 0 spiro atoms. The van der Waals surface area contributed by atoms with Crippen LogP contribution in [0.15, 0.2) is 24.3 Å². The number of amides is 1. The number of nitrogens with zero attached hydrogens (tertiary/aromatic N) is 1. The van der Waals surface area contributed by atoms with Crippen LogP contribution in [0.2, 0.25) is 5.02 Å². The first-order chi connectivity index (χ1) is 9.72. The third-order valence-corrected chi connectivity index (χ3v) is 3.97. The van der Waals surface area contributed by atoms with Crippen molar-refractivity contribution in [3.05, 3.63) is 35.0 Å². The molecule has 2 aromatic rings. The van der Waals surface area contributed by atoms with Crippen molar-refractivity contribution in [3.63, 3.8) is 0 Å². The second-order valence-electron chi connectivity index (χ2n) is 5.22. The number of carbonyl (C=O) groups excluding carboxylic acids is 1. The molecule has 1 aliphatic heterocycles. The minimum Gasteiger partial charge on any atom is -0.351 e. The number of hydrogen-bond acceptors (Lipinski definition) is 2. The van der Waals surface area contributed by atoms with Gasteiger partial charge in [-0.05, 0) is 50.2 Å². The summed E-state index contributed by atoms with van der Waals surface area (Å²) in [4.78, 5) is 17.6. The van der Waals surface area contributed by atoms with Gasteiger partial charge in [0.2, 0.25) is 0 Å². The summed E-state index contributed by atoms with van der Waals surface area (Å²) in [5.41, 5.74) is 1.52. The zero-order valence-corrected chi connectivity index (χ0v) is 12.0. The normalized spacial score (nSPS) is 15.8. The Hall–Kier alpha value is -1.52. The molecule has 2 N–H and O–H groups in total.